The number of amides is 2. The van der Waals surface area contributed by atoms with E-state index in [4.69, 9.17) is 0 Å². The lowest BCUT2D eigenvalue weighted by atomic mass is 9.96. The molecule has 5 nitrogen and oxygen atoms in total. The Kier molecular flexibility index (Phi) is 3.88. The van der Waals surface area contributed by atoms with E-state index in [1.807, 2.05) is 18.2 Å². The average molecular weight is 310 g/mol. The normalized spacial score (nSPS) is 21.7. The highest BCUT2D eigenvalue weighted by Crippen LogP contribution is 2.32. The minimum absolute atomic E-state index is 0.229. The van der Waals surface area contributed by atoms with E-state index in [-0.39, 0.29) is 5.91 Å². The minimum atomic E-state index is -1.33. The molecule has 0 bridgehead atoms. The Balaban J connectivity index is 2.16. The summed E-state index contributed by atoms with van der Waals surface area (Å²) < 4.78 is 0. The van der Waals surface area contributed by atoms with Crippen molar-refractivity contribution in [3.05, 3.63) is 65.7 Å². The number of likely N-dealkylation sites (N-methyl/N-ethyl adjacent to an activating group) is 2. The van der Waals surface area contributed by atoms with Crippen molar-refractivity contribution in [3.8, 4) is 0 Å². The first-order valence-corrected chi connectivity index (χ1v) is 7.39. The highest BCUT2D eigenvalue weighted by molar-refractivity contribution is 6.07. The second-order valence-electron chi connectivity index (χ2n) is 5.63. The van der Waals surface area contributed by atoms with Gasteiger partial charge in [-0.25, -0.2) is 0 Å². The highest BCUT2D eigenvalue weighted by Gasteiger charge is 2.39. The van der Waals surface area contributed by atoms with E-state index in [2.05, 4.69) is 0 Å². The van der Waals surface area contributed by atoms with Crippen LogP contribution in [-0.4, -0.2) is 42.0 Å². The van der Waals surface area contributed by atoms with Crippen LogP contribution < -0.4 is 4.90 Å². The van der Waals surface area contributed by atoms with Gasteiger partial charge in [0.15, 0.2) is 6.10 Å². The van der Waals surface area contributed by atoms with E-state index in [0.717, 1.165) is 5.56 Å². The summed E-state index contributed by atoms with van der Waals surface area (Å²) in [5.41, 5.74) is 1.66. The zero-order chi connectivity index (χ0) is 16.6. The fourth-order valence-corrected chi connectivity index (χ4v) is 2.98. The molecule has 2 aromatic rings. The molecule has 0 saturated carbocycles. The number of benzene rings is 2. The molecule has 0 aliphatic carbocycles. The standard InChI is InChI=1S/C18H18N2O3/c1-19-14-11-7-6-10-13(14)17(22)20(2)15(16(21)18(19)23)12-8-4-3-5-9-12/h3-11,15-16,21H,1-2H3. The van der Waals surface area contributed by atoms with Gasteiger partial charge >= 0.3 is 0 Å². The summed E-state index contributed by atoms with van der Waals surface area (Å²) in [6, 6.07) is 15.3. The van der Waals surface area contributed by atoms with Crippen LogP contribution in [0.5, 0.6) is 0 Å². The number of aliphatic hydroxyl groups excluding tert-OH is 1. The Morgan fingerprint density at radius 1 is 0.913 bits per heavy atom. The Bertz CT molecular complexity index is 745. The van der Waals surface area contributed by atoms with Crippen LogP contribution >= 0.6 is 0 Å². The number of nitrogens with zero attached hydrogens (tertiary/aromatic N) is 2. The van der Waals surface area contributed by atoms with E-state index < -0.39 is 18.1 Å². The van der Waals surface area contributed by atoms with Crippen LogP contribution in [-0.2, 0) is 4.79 Å². The van der Waals surface area contributed by atoms with E-state index in [1.165, 1.54) is 9.80 Å². The molecule has 0 radical (unpaired) electrons. The van der Waals surface area contributed by atoms with E-state index in [9.17, 15) is 14.7 Å². The summed E-state index contributed by atoms with van der Waals surface area (Å²) in [6.45, 7) is 0. The van der Waals surface area contributed by atoms with Crippen LogP contribution in [0.25, 0.3) is 0 Å². The van der Waals surface area contributed by atoms with Crippen LogP contribution in [0.4, 0.5) is 5.69 Å². The van der Waals surface area contributed by atoms with Crippen LogP contribution in [0.2, 0.25) is 0 Å². The lowest BCUT2D eigenvalue weighted by Crippen LogP contribution is -2.49. The van der Waals surface area contributed by atoms with Gasteiger partial charge in [-0.05, 0) is 17.7 Å². The number of carbonyl (C=O) groups is 2. The first-order valence-electron chi connectivity index (χ1n) is 7.39. The molecule has 3 rings (SSSR count). The molecule has 23 heavy (non-hydrogen) atoms. The van der Waals surface area contributed by atoms with Gasteiger partial charge in [0, 0.05) is 14.1 Å². The van der Waals surface area contributed by atoms with Gasteiger partial charge in [-0.2, -0.15) is 0 Å². The van der Waals surface area contributed by atoms with Crippen LogP contribution in [0.1, 0.15) is 22.0 Å². The number of rotatable bonds is 1. The molecule has 2 unspecified atom stereocenters. The smallest absolute Gasteiger partial charge is 0.258 e. The van der Waals surface area contributed by atoms with Crippen molar-refractivity contribution >= 4 is 17.5 Å². The topological polar surface area (TPSA) is 60.9 Å². The number of aliphatic hydroxyl groups is 1. The molecule has 0 fully saturated rings. The maximum atomic E-state index is 12.8. The lowest BCUT2D eigenvalue weighted by molar-refractivity contribution is -0.129. The van der Waals surface area contributed by atoms with Gasteiger partial charge in [0.05, 0.1) is 17.3 Å². The number of carbonyl (C=O) groups excluding carboxylic acids is 2. The minimum Gasteiger partial charge on any atom is -0.381 e. The van der Waals surface area contributed by atoms with Crippen molar-refractivity contribution in [1.82, 2.24) is 4.90 Å². The number of anilines is 1. The third kappa shape index (κ3) is 2.49. The van der Waals surface area contributed by atoms with Crippen molar-refractivity contribution in [3.63, 3.8) is 0 Å². The van der Waals surface area contributed by atoms with Crippen molar-refractivity contribution < 1.29 is 14.7 Å². The fourth-order valence-electron chi connectivity index (χ4n) is 2.98. The molecule has 1 aliphatic rings. The summed E-state index contributed by atoms with van der Waals surface area (Å²) >= 11 is 0. The lowest BCUT2D eigenvalue weighted by Gasteiger charge is -2.37. The van der Waals surface area contributed by atoms with Crippen molar-refractivity contribution in [2.75, 3.05) is 19.0 Å². The van der Waals surface area contributed by atoms with E-state index >= 15 is 0 Å². The molecular weight excluding hydrogens is 292 g/mol. The maximum Gasteiger partial charge on any atom is 0.258 e. The molecule has 0 aromatic heterocycles. The molecule has 1 aliphatic heterocycles. The van der Waals surface area contributed by atoms with Crippen LogP contribution in [0.15, 0.2) is 54.6 Å². The van der Waals surface area contributed by atoms with Gasteiger partial charge in [-0.15, -0.1) is 0 Å². The molecule has 2 aromatic carbocycles. The number of hydrogen-bond acceptors (Lipinski definition) is 3. The van der Waals surface area contributed by atoms with Crippen molar-refractivity contribution in [1.29, 1.82) is 0 Å². The molecule has 5 heteroatoms. The first-order chi connectivity index (χ1) is 11.0. The number of fused-ring (bicyclic) bond motifs is 1. The molecule has 118 valence electrons. The summed E-state index contributed by atoms with van der Waals surface area (Å²) in [6.07, 6.45) is -1.33. The molecule has 1 N–H and O–H groups in total. The third-order valence-electron chi connectivity index (χ3n) is 4.26. The monoisotopic (exact) mass is 310 g/mol. The number of hydrogen-bond donors (Lipinski definition) is 1. The Labute approximate surface area is 134 Å². The molecule has 2 amide bonds. The maximum absolute atomic E-state index is 12.8. The predicted octanol–water partition coefficient (Wildman–Crippen LogP) is 1.84. The molecule has 2 atom stereocenters. The van der Waals surface area contributed by atoms with Gasteiger partial charge < -0.3 is 14.9 Å². The van der Waals surface area contributed by atoms with Gasteiger partial charge in [-0.3, -0.25) is 9.59 Å². The second kappa shape index (κ2) is 5.85. The molecular formula is C18H18N2O3. The van der Waals surface area contributed by atoms with Gasteiger partial charge in [0.1, 0.15) is 0 Å². The molecule has 1 heterocycles. The third-order valence-corrected chi connectivity index (χ3v) is 4.26. The Morgan fingerprint density at radius 2 is 1.52 bits per heavy atom. The van der Waals surface area contributed by atoms with E-state index in [1.54, 1.807) is 50.5 Å². The number of para-hydroxylation sites is 1. The summed E-state index contributed by atoms with van der Waals surface area (Å²) in [7, 11) is 3.18. The zero-order valence-corrected chi connectivity index (χ0v) is 13.0. The summed E-state index contributed by atoms with van der Waals surface area (Å²) in [5, 5.41) is 10.6. The largest absolute Gasteiger partial charge is 0.381 e. The molecule has 0 saturated heterocycles. The molecule has 0 spiro atoms. The quantitative estimate of drug-likeness (QED) is 0.874. The van der Waals surface area contributed by atoms with Gasteiger partial charge in [-0.1, -0.05) is 42.5 Å². The summed E-state index contributed by atoms with van der Waals surface area (Å²) in [5.74, 6) is -0.668. The SMILES string of the molecule is CN1C(=O)C(O)C(c2ccccc2)N(C)C(=O)c2ccccc21. The van der Waals surface area contributed by atoms with E-state index in [0.29, 0.717) is 11.3 Å². The second-order valence-corrected chi connectivity index (χ2v) is 5.63. The van der Waals surface area contributed by atoms with Crippen molar-refractivity contribution in [2.24, 2.45) is 0 Å². The predicted molar refractivity (Wildman–Crippen MR) is 87.1 cm³/mol. The summed E-state index contributed by atoms with van der Waals surface area (Å²) in [4.78, 5) is 28.3. The fraction of sp³-hybridized carbons (Fsp3) is 0.222. The first kappa shape index (κ1) is 15.2. The van der Waals surface area contributed by atoms with Crippen molar-refractivity contribution in [2.45, 2.75) is 12.1 Å². The highest BCUT2D eigenvalue weighted by atomic mass is 16.3. The average Bonchev–Trinajstić information content (AvgIpc) is 2.60. The van der Waals surface area contributed by atoms with Gasteiger partial charge in [0.25, 0.3) is 11.8 Å². The van der Waals surface area contributed by atoms with Gasteiger partial charge in [0.2, 0.25) is 0 Å². The Morgan fingerprint density at radius 3 is 2.22 bits per heavy atom. The Hall–Kier alpha value is -2.66. The van der Waals surface area contributed by atoms with Crippen LogP contribution in [0.3, 0.4) is 0 Å². The zero-order valence-electron chi connectivity index (χ0n) is 13.0. The van der Waals surface area contributed by atoms with Crippen LogP contribution in [0, 0.1) is 0 Å².